The highest BCUT2D eigenvalue weighted by atomic mass is 32.2. The van der Waals surface area contributed by atoms with Crippen LogP contribution in [0.1, 0.15) is 18.9 Å². The summed E-state index contributed by atoms with van der Waals surface area (Å²) < 4.78 is 32.7. The fourth-order valence-electron chi connectivity index (χ4n) is 3.27. The van der Waals surface area contributed by atoms with Crippen LogP contribution in [0.3, 0.4) is 0 Å². The van der Waals surface area contributed by atoms with Crippen molar-refractivity contribution in [3.63, 3.8) is 0 Å². The number of carbonyl (C=O) groups is 1. The second-order valence-electron chi connectivity index (χ2n) is 7.42. The third-order valence-corrected chi connectivity index (χ3v) is 6.86. The molecular weight excluding hydrogens is 402 g/mol. The van der Waals surface area contributed by atoms with Crippen LogP contribution in [0.15, 0.2) is 53.4 Å². The molecule has 162 valence electrons. The molecule has 0 radical (unpaired) electrons. The van der Waals surface area contributed by atoms with E-state index in [-0.39, 0.29) is 12.5 Å². The summed E-state index contributed by atoms with van der Waals surface area (Å²) in [6, 6.07) is 14.2. The summed E-state index contributed by atoms with van der Waals surface area (Å²) in [5.74, 6) is 0.599. The van der Waals surface area contributed by atoms with Gasteiger partial charge in [-0.2, -0.15) is 4.31 Å². The van der Waals surface area contributed by atoms with E-state index in [0.29, 0.717) is 43.4 Å². The van der Waals surface area contributed by atoms with Crippen molar-refractivity contribution in [2.24, 2.45) is 0 Å². The summed E-state index contributed by atoms with van der Waals surface area (Å²) in [5, 5.41) is 2.89. The van der Waals surface area contributed by atoms with Gasteiger partial charge in [-0.3, -0.25) is 9.69 Å². The number of hydrogen-bond donors (Lipinski definition) is 1. The minimum absolute atomic E-state index is 0.127. The lowest BCUT2D eigenvalue weighted by Crippen LogP contribution is -2.50. The van der Waals surface area contributed by atoms with Gasteiger partial charge in [0.2, 0.25) is 15.9 Å². The van der Waals surface area contributed by atoms with Crippen molar-refractivity contribution in [3.05, 3.63) is 54.1 Å². The summed E-state index contributed by atoms with van der Waals surface area (Å²) in [5.41, 5.74) is 1.71. The van der Waals surface area contributed by atoms with Gasteiger partial charge in [-0.05, 0) is 37.6 Å². The zero-order valence-electron chi connectivity index (χ0n) is 17.5. The Morgan fingerprint density at radius 1 is 1.07 bits per heavy atom. The van der Waals surface area contributed by atoms with Crippen LogP contribution < -0.4 is 10.1 Å². The minimum Gasteiger partial charge on any atom is -0.494 e. The number of sulfonamides is 1. The SMILES string of the molecule is CCCOc1cccc(NC(=O)CN2CCN(S(=O)(=O)c3ccc(C)cc3)CC2)c1. The van der Waals surface area contributed by atoms with Gasteiger partial charge in [-0.1, -0.05) is 30.7 Å². The summed E-state index contributed by atoms with van der Waals surface area (Å²) in [6.45, 7) is 6.57. The molecule has 0 spiro atoms. The number of anilines is 1. The van der Waals surface area contributed by atoms with E-state index in [1.54, 1.807) is 30.3 Å². The maximum Gasteiger partial charge on any atom is 0.243 e. The Balaban J connectivity index is 1.51. The van der Waals surface area contributed by atoms with E-state index in [9.17, 15) is 13.2 Å². The standard InChI is InChI=1S/C22H29N3O4S/c1-3-15-29-20-6-4-5-19(16-20)23-22(26)17-24-11-13-25(14-12-24)30(27,28)21-9-7-18(2)8-10-21/h4-10,16H,3,11-15,17H2,1-2H3,(H,23,26). The lowest BCUT2D eigenvalue weighted by Gasteiger charge is -2.33. The Morgan fingerprint density at radius 2 is 1.77 bits per heavy atom. The van der Waals surface area contributed by atoms with E-state index >= 15 is 0 Å². The van der Waals surface area contributed by atoms with Crippen LogP contribution in [0.5, 0.6) is 5.75 Å². The predicted octanol–water partition coefficient (Wildman–Crippen LogP) is 2.73. The molecule has 0 unspecified atom stereocenters. The Bertz CT molecular complexity index is 953. The maximum atomic E-state index is 12.8. The quantitative estimate of drug-likeness (QED) is 0.695. The van der Waals surface area contributed by atoms with Crippen molar-refractivity contribution in [2.45, 2.75) is 25.2 Å². The molecule has 1 amide bonds. The van der Waals surface area contributed by atoms with Gasteiger partial charge in [0.1, 0.15) is 5.75 Å². The minimum atomic E-state index is -3.50. The van der Waals surface area contributed by atoms with Crippen LogP contribution >= 0.6 is 0 Å². The van der Waals surface area contributed by atoms with E-state index in [0.717, 1.165) is 17.7 Å². The molecular formula is C22H29N3O4S. The number of rotatable bonds is 8. The van der Waals surface area contributed by atoms with Crippen LogP contribution in [-0.2, 0) is 14.8 Å². The first kappa shape index (κ1) is 22.3. The van der Waals surface area contributed by atoms with Gasteiger partial charge in [0.15, 0.2) is 0 Å². The number of hydrogen-bond acceptors (Lipinski definition) is 5. The van der Waals surface area contributed by atoms with Crippen LogP contribution in [0, 0.1) is 6.92 Å². The average Bonchev–Trinajstić information content (AvgIpc) is 2.73. The molecule has 0 aliphatic carbocycles. The Hall–Kier alpha value is -2.42. The number of nitrogens with one attached hydrogen (secondary N) is 1. The van der Waals surface area contributed by atoms with Crippen molar-refractivity contribution >= 4 is 21.6 Å². The largest absolute Gasteiger partial charge is 0.494 e. The normalized spacial score (nSPS) is 15.7. The summed E-state index contributed by atoms with van der Waals surface area (Å²) >= 11 is 0. The van der Waals surface area contributed by atoms with Crippen molar-refractivity contribution < 1.29 is 17.9 Å². The Labute approximate surface area is 178 Å². The number of ether oxygens (including phenoxy) is 1. The second kappa shape index (κ2) is 10.1. The monoisotopic (exact) mass is 431 g/mol. The number of aryl methyl sites for hydroxylation is 1. The number of nitrogens with zero attached hydrogens (tertiary/aromatic N) is 2. The number of piperazine rings is 1. The van der Waals surface area contributed by atoms with Crippen molar-refractivity contribution in [2.75, 3.05) is 44.6 Å². The third-order valence-electron chi connectivity index (χ3n) is 4.95. The molecule has 0 atom stereocenters. The maximum absolute atomic E-state index is 12.8. The molecule has 1 aliphatic heterocycles. The number of benzene rings is 2. The molecule has 0 aromatic heterocycles. The molecule has 0 saturated carbocycles. The van der Waals surface area contributed by atoms with Gasteiger partial charge in [-0.15, -0.1) is 0 Å². The van der Waals surface area contributed by atoms with E-state index in [4.69, 9.17) is 4.74 Å². The first-order valence-corrected chi connectivity index (χ1v) is 11.6. The molecule has 8 heteroatoms. The molecule has 1 aliphatic rings. The van der Waals surface area contributed by atoms with Crippen LogP contribution in [0.25, 0.3) is 0 Å². The molecule has 3 rings (SSSR count). The van der Waals surface area contributed by atoms with E-state index in [1.165, 1.54) is 4.31 Å². The smallest absolute Gasteiger partial charge is 0.243 e. The van der Waals surface area contributed by atoms with Gasteiger partial charge in [-0.25, -0.2) is 8.42 Å². The molecule has 1 heterocycles. The lowest BCUT2D eigenvalue weighted by molar-refractivity contribution is -0.117. The van der Waals surface area contributed by atoms with Gasteiger partial charge in [0, 0.05) is 37.9 Å². The van der Waals surface area contributed by atoms with E-state index < -0.39 is 10.0 Å². The highest BCUT2D eigenvalue weighted by Gasteiger charge is 2.29. The molecule has 1 fully saturated rings. The van der Waals surface area contributed by atoms with Crippen LogP contribution in [0.2, 0.25) is 0 Å². The van der Waals surface area contributed by atoms with E-state index in [1.807, 2.05) is 36.9 Å². The Morgan fingerprint density at radius 3 is 2.43 bits per heavy atom. The third kappa shape index (κ3) is 5.81. The van der Waals surface area contributed by atoms with Crippen molar-refractivity contribution in [1.82, 2.24) is 9.21 Å². The summed E-state index contributed by atoms with van der Waals surface area (Å²) in [4.78, 5) is 14.7. The topological polar surface area (TPSA) is 79.0 Å². The molecule has 2 aromatic rings. The zero-order chi connectivity index (χ0) is 21.6. The average molecular weight is 432 g/mol. The summed E-state index contributed by atoms with van der Waals surface area (Å²) in [6.07, 6.45) is 0.919. The second-order valence-corrected chi connectivity index (χ2v) is 9.36. The molecule has 30 heavy (non-hydrogen) atoms. The Kier molecular flexibility index (Phi) is 7.47. The van der Waals surface area contributed by atoms with Crippen LogP contribution in [-0.4, -0.2) is 62.9 Å². The first-order valence-electron chi connectivity index (χ1n) is 10.2. The highest BCUT2D eigenvalue weighted by molar-refractivity contribution is 7.89. The summed E-state index contributed by atoms with van der Waals surface area (Å²) in [7, 11) is -3.50. The zero-order valence-corrected chi connectivity index (χ0v) is 18.3. The number of carbonyl (C=O) groups excluding carboxylic acids is 1. The molecule has 2 aromatic carbocycles. The fourth-order valence-corrected chi connectivity index (χ4v) is 4.70. The van der Waals surface area contributed by atoms with Gasteiger partial charge < -0.3 is 10.1 Å². The van der Waals surface area contributed by atoms with Gasteiger partial charge in [0.05, 0.1) is 18.0 Å². The van der Waals surface area contributed by atoms with Crippen molar-refractivity contribution in [3.8, 4) is 5.75 Å². The fraction of sp³-hybridized carbons (Fsp3) is 0.409. The first-order chi connectivity index (χ1) is 14.4. The number of amides is 1. The predicted molar refractivity (Wildman–Crippen MR) is 117 cm³/mol. The molecule has 7 nitrogen and oxygen atoms in total. The van der Waals surface area contributed by atoms with E-state index in [2.05, 4.69) is 5.32 Å². The lowest BCUT2D eigenvalue weighted by atomic mass is 10.2. The van der Waals surface area contributed by atoms with Gasteiger partial charge >= 0.3 is 0 Å². The van der Waals surface area contributed by atoms with Crippen LogP contribution in [0.4, 0.5) is 5.69 Å². The molecule has 0 bridgehead atoms. The molecule has 1 N–H and O–H groups in total. The van der Waals surface area contributed by atoms with Crippen molar-refractivity contribution in [1.29, 1.82) is 0 Å². The molecule has 1 saturated heterocycles. The highest BCUT2D eigenvalue weighted by Crippen LogP contribution is 2.19. The van der Waals surface area contributed by atoms with Gasteiger partial charge in [0.25, 0.3) is 0 Å².